The number of hydrogen-bond donors (Lipinski definition) is 2. The molecule has 2 heterocycles. The minimum atomic E-state index is -0.829. The molecular formula is C18H20ClN3O5. The Morgan fingerprint density at radius 1 is 1.15 bits per heavy atom. The van der Waals surface area contributed by atoms with Crippen LogP contribution in [0.5, 0.6) is 11.5 Å². The molecular weight excluding hydrogens is 374 g/mol. The van der Waals surface area contributed by atoms with Gasteiger partial charge in [-0.3, -0.25) is 14.5 Å². The molecule has 2 fully saturated rings. The molecule has 144 valence electrons. The van der Waals surface area contributed by atoms with Crippen LogP contribution in [-0.4, -0.2) is 48.0 Å². The van der Waals surface area contributed by atoms with E-state index in [4.69, 9.17) is 21.1 Å². The van der Waals surface area contributed by atoms with Gasteiger partial charge in [-0.25, -0.2) is 4.79 Å². The average molecular weight is 394 g/mol. The van der Waals surface area contributed by atoms with Crippen LogP contribution in [0.4, 0.5) is 10.5 Å². The summed E-state index contributed by atoms with van der Waals surface area (Å²) in [6.45, 7) is 0.673. The average Bonchev–Trinajstić information content (AvgIpc) is 3.09. The van der Waals surface area contributed by atoms with E-state index in [1.165, 1.54) is 0 Å². The Bertz CT molecular complexity index is 806. The lowest BCUT2D eigenvalue weighted by Crippen LogP contribution is -2.44. The number of nitrogens with zero attached hydrogens (tertiary/aromatic N) is 1. The van der Waals surface area contributed by atoms with Crippen molar-refractivity contribution in [2.24, 2.45) is 0 Å². The number of carbonyl (C=O) groups is 3. The molecule has 4 amide bonds. The number of hydrogen-bond acceptors (Lipinski definition) is 5. The number of benzene rings is 1. The largest absolute Gasteiger partial charge is 0.490 e. The summed E-state index contributed by atoms with van der Waals surface area (Å²) in [4.78, 5) is 38.2. The fourth-order valence-electron chi connectivity index (χ4n) is 3.75. The third-order valence-electron chi connectivity index (χ3n) is 5.12. The van der Waals surface area contributed by atoms with Crippen LogP contribution in [0.15, 0.2) is 12.1 Å². The second-order valence-electron chi connectivity index (χ2n) is 6.99. The summed E-state index contributed by atoms with van der Waals surface area (Å²) >= 11 is 6.22. The molecule has 2 aliphatic heterocycles. The predicted octanol–water partition coefficient (Wildman–Crippen LogP) is 2.30. The molecule has 1 saturated carbocycles. The van der Waals surface area contributed by atoms with Crippen molar-refractivity contribution in [2.45, 2.75) is 37.6 Å². The first-order valence-electron chi connectivity index (χ1n) is 9.02. The van der Waals surface area contributed by atoms with Gasteiger partial charge in [0.25, 0.3) is 5.91 Å². The van der Waals surface area contributed by atoms with Crippen molar-refractivity contribution in [1.29, 1.82) is 0 Å². The quantitative estimate of drug-likeness (QED) is 0.768. The normalized spacial score (nSPS) is 20.6. The first kappa shape index (κ1) is 17.9. The van der Waals surface area contributed by atoms with Crippen LogP contribution in [0.3, 0.4) is 0 Å². The Hall–Kier alpha value is -2.48. The second kappa shape index (κ2) is 6.92. The molecule has 0 atom stereocenters. The fourth-order valence-corrected chi connectivity index (χ4v) is 3.95. The zero-order valence-corrected chi connectivity index (χ0v) is 15.4. The zero-order valence-electron chi connectivity index (χ0n) is 14.7. The molecule has 0 radical (unpaired) electrons. The van der Waals surface area contributed by atoms with Gasteiger partial charge in [-0.1, -0.05) is 24.4 Å². The maximum Gasteiger partial charge on any atom is 0.325 e. The van der Waals surface area contributed by atoms with Gasteiger partial charge in [-0.2, -0.15) is 0 Å². The maximum atomic E-state index is 12.6. The number of carbonyl (C=O) groups excluding carboxylic acids is 3. The zero-order chi connectivity index (χ0) is 19.0. The van der Waals surface area contributed by atoms with Gasteiger partial charge in [0.15, 0.2) is 11.5 Å². The summed E-state index contributed by atoms with van der Waals surface area (Å²) in [5, 5.41) is 5.69. The molecule has 27 heavy (non-hydrogen) atoms. The van der Waals surface area contributed by atoms with E-state index in [1.807, 2.05) is 0 Å². The lowest BCUT2D eigenvalue weighted by molar-refractivity contribution is -0.133. The molecule has 0 unspecified atom stereocenters. The van der Waals surface area contributed by atoms with Gasteiger partial charge in [0.2, 0.25) is 5.91 Å². The van der Waals surface area contributed by atoms with E-state index in [2.05, 4.69) is 10.6 Å². The fraction of sp³-hybridized carbons (Fsp3) is 0.500. The molecule has 0 aromatic heterocycles. The highest BCUT2D eigenvalue weighted by atomic mass is 35.5. The molecule has 1 saturated heterocycles. The maximum absolute atomic E-state index is 12.6. The van der Waals surface area contributed by atoms with Gasteiger partial charge < -0.3 is 20.1 Å². The number of rotatable bonds is 3. The van der Waals surface area contributed by atoms with Gasteiger partial charge in [0.1, 0.15) is 12.1 Å². The van der Waals surface area contributed by atoms with Gasteiger partial charge in [0.05, 0.1) is 23.9 Å². The predicted molar refractivity (Wildman–Crippen MR) is 97.1 cm³/mol. The van der Waals surface area contributed by atoms with Gasteiger partial charge in [0, 0.05) is 18.6 Å². The van der Waals surface area contributed by atoms with Gasteiger partial charge in [-0.15, -0.1) is 0 Å². The molecule has 1 aromatic carbocycles. The Kier molecular flexibility index (Phi) is 4.59. The minimum Gasteiger partial charge on any atom is -0.490 e. The van der Waals surface area contributed by atoms with Gasteiger partial charge >= 0.3 is 6.03 Å². The lowest BCUT2D eigenvalue weighted by Gasteiger charge is -2.20. The van der Waals surface area contributed by atoms with Gasteiger partial charge in [-0.05, 0) is 12.8 Å². The van der Waals surface area contributed by atoms with Crippen LogP contribution in [-0.2, 0) is 9.59 Å². The van der Waals surface area contributed by atoms with Crippen molar-refractivity contribution in [1.82, 2.24) is 10.2 Å². The number of amides is 4. The summed E-state index contributed by atoms with van der Waals surface area (Å²) in [5.74, 6) is 0.176. The summed E-state index contributed by atoms with van der Waals surface area (Å²) < 4.78 is 11.1. The monoisotopic (exact) mass is 393 g/mol. The van der Waals surface area contributed by atoms with Crippen molar-refractivity contribution in [2.75, 3.05) is 25.1 Å². The molecule has 2 N–H and O–H groups in total. The highest BCUT2D eigenvalue weighted by molar-refractivity contribution is 6.34. The Labute approximate surface area is 161 Å². The number of anilines is 1. The molecule has 1 aromatic rings. The standard InChI is InChI=1S/C18H20ClN3O5/c19-11-8-13-14(27-7-3-6-26-13)9-12(11)20-15(23)10-22-16(24)18(21-17(22)25)4-1-2-5-18/h8-9H,1-7,10H2,(H,20,23)(H,21,25). The van der Waals surface area contributed by atoms with E-state index in [1.54, 1.807) is 12.1 Å². The molecule has 1 aliphatic carbocycles. The SMILES string of the molecule is O=C(CN1C(=O)NC2(CCCC2)C1=O)Nc1cc2c(cc1Cl)OCCCO2. The van der Waals surface area contributed by atoms with Crippen LogP contribution in [0.2, 0.25) is 5.02 Å². The van der Waals surface area contributed by atoms with Crippen LogP contribution >= 0.6 is 11.6 Å². The smallest absolute Gasteiger partial charge is 0.325 e. The van der Waals surface area contributed by atoms with E-state index in [9.17, 15) is 14.4 Å². The van der Waals surface area contributed by atoms with Crippen molar-refractivity contribution in [3.05, 3.63) is 17.2 Å². The molecule has 4 rings (SSSR count). The summed E-state index contributed by atoms with van der Waals surface area (Å²) in [7, 11) is 0. The summed E-state index contributed by atoms with van der Waals surface area (Å²) in [6, 6.07) is 2.64. The third kappa shape index (κ3) is 3.29. The topological polar surface area (TPSA) is 97.0 Å². The molecule has 0 bridgehead atoms. The van der Waals surface area contributed by atoms with Crippen molar-refractivity contribution < 1.29 is 23.9 Å². The third-order valence-corrected chi connectivity index (χ3v) is 5.43. The first-order valence-corrected chi connectivity index (χ1v) is 9.39. The molecule has 3 aliphatic rings. The number of halogens is 1. The summed E-state index contributed by atoms with van der Waals surface area (Å²) in [6.07, 6.45) is 3.76. The Morgan fingerprint density at radius 2 is 1.81 bits per heavy atom. The Balaban J connectivity index is 1.46. The van der Waals surface area contributed by atoms with E-state index in [0.717, 1.165) is 24.2 Å². The van der Waals surface area contributed by atoms with Crippen LogP contribution in [0.1, 0.15) is 32.1 Å². The first-order chi connectivity index (χ1) is 13.0. The summed E-state index contributed by atoms with van der Waals surface area (Å²) in [5.41, 5.74) is -0.488. The van der Waals surface area contributed by atoms with E-state index < -0.39 is 17.5 Å². The van der Waals surface area contributed by atoms with Crippen molar-refractivity contribution >= 4 is 35.1 Å². The van der Waals surface area contributed by atoms with Crippen molar-refractivity contribution in [3.8, 4) is 11.5 Å². The number of imide groups is 1. The van der Waals surface area contributed by atoms with E-state index >= 15 is 0 Å². The van der Waals surface area contributed by atoms with E-state index in [-0.39, 0.29) is 17.5 Å². The van der Waals surface area contributed by atoms with E-state index in [0.29, 0.717) is 43.2 Å². The number of fused-ring (bicyclic) bond motifs is 1. The number of ether oxygens (including phenoxy) is 2. The molecule has 8 nitrogen and oxygen atoms in total. The van der Waals surface area contributed by atoms with Crippen LogP contribution in [0.25, 0.3) is 0 Å². The van der Waals surface area contributed by atoms with Crippen LogP contribution in [0, 0.1) is 0 Å². The van der Waals surface area contributed by atoms with Crippen LogP contribution < -0.4 is 20.1 Å². The Morgan fingerprint density at radius 3 is 2.52 bits per heavy atom. The lowest BCUT2D eigenvalue weighted by atomic mass is 9.98. The number of urea groups is 1. The minimum absolute atomic E-state index is 0.289. The highest BCUT2D eigenvalue weighted by Crippen LogP contribution is 2.38. The second-order valence-corrected chi connectivity index (χ2v) is 7.40. The van der Waals surface area contributed by atoms with Crippen molar-refractivity contribution in [3.63, 3.8) is 0 Å². The molecule has 1 spiro atoms. The number of nitrogens with one attached hydrogen (secondary N) is 2. The highest BCUT2D eigenvalue weighted by Gasteiger charge is 2.52. The molecule has 9 heteroatoms.